The molecule has 0 heterocycles. The molecular weight excluding hydrogens is 217 g/mol. The minimum absolute atomic E-state index is 0.293. The van der Waals surface area contributed by atoms with Gasteiger partial charge in [0, 0.05) is 5.69 Å². The van der Waals surface area contributed by atoms with Gasteiger partial charge in [-0.1, -0.05) is 12.1 Å². The number of hydrogen-bond acceptors (Lipinski definition) is 3. The average Bonchev–Trinajstić information content (AvgIpc) is 2.33. The van der Waals surface area contributed by atoms with Gasteiger partial charge in [0.05, 0.1) is 16.9 Å². The fourth-order valence-electron chi connectivity index (χ4n) is 1.47. The van der Waals surface area contributed by atoms with Crippen LogP contribution in [0.1, 0.15) is 5.56 Å². The number of para-hydroxylation sites is 1. The molecule has 0 bridgehead atoms. The fourth-order valence-corrected chi connectivity index (χ4v) is 1.47. The molecule has 0 saturated carbocycles. The second-order valence-electron chi connectivity index (χ2n) is 3.52. The first-order chi connectivity index (χ1) is 8.20. The highest BCUT2D eigenvalue weighted by atomic mass is 19.1. The molecule has 3 N–H and O–H groups in total. The van der Waals surface area contributed by atoms with E-state index in [-0.39, 0.29) is 0 Å². The number of nitrogen functional groups attached to an aromatic ring is 1. The van der Waals surface area contributed by atoms with E-state index >= 15 is 0 Å². The summed E-state index contributed by atoms with van der Waals surface area (Å²) in [5.74, 6) is -0.447. The van der Waals surface area contributed by atoms with Crippen molar-refractivity contribution >= 4 is 17.1 Å². The van der Waals surface area contributed by atoms with E-state index in [1.807, 2.05) is 6.07 Å². The standard InChI is InChI=1S/C13H10FN3/c14-11-7-10(16)5-6-13(11)17-12-4-2-1-3-9(12)8-15/h1-7,17H,16H2. The molecule has 0 atom stereocenters. The van der Waals surface area contributed by atoms with Crippen LogP contribution in [0.2, 0.25) is 0 Å². The number of halogens is 1. The molecule has 0 spiro atoms. The summed E-state index contributed by atoms with van der Waals surface area (Å²) < 4.78 is 13.5. The van der Waals surface area contributed by atoms with Gasteiger partial charge in [-0.05, 0) is 30.3 Å². The van der Waals surface area contributed by atoms with E-state index in [0.29, 0.717) is 22.6 Å². The van der Waals surface area contributed by atoms with Crippen LogP contribution in [-0.2, 0) is 0 Å². The molecule has 0 aliphatic carbocycles. The van der Waals surface area contributed by atoms with E-state index in [2.05, 4.69) is 5.32 Å². The Bertz CT molecular complexity index is 587. The van der Waals surface area contributed by atoms with Gasteiger partial charge in [0.2, 0.25) is 0 Å². The van der Waals surface area contributed by atoms with Gasteiger partial charge in [0.25, 0.3) is 0 Å². The topological polar surface area (TPSA) is 61.8 Å². The Hall–Kier alpha value is -2.54. The quantitative estimate of drug-likeness (QED) is 0.775. The number of nitriles is 1. The first kappa shape index (κ1) is 11.0. The molecule has 0 fully saturated rings. The molecule has 0 unspecified atom stereocenters. The Labute approximate surface area is 98.3 Å². The number of hydrogen-bond donors (Lipinski definition) is 2. The molecule has 0 aliphatic rings. The summed E-state index contributed by atoms with van der Waals surface area (Å²) in [6, 6.07) is 13.3. The van der Waals surface area contributed by atoms with Gasteiger partial charge in [-0.2, -0.15) is 5.26 Å². The van der Waals surface area contributed by atoms with E-state index in [1.165, 1.54) is 6.07 Å². The zero-order valence-corrected chi connectivity index (χ0v) is 8.94. The molecule has 84 valence electrons. The van der Waals surface area contributed by atoms with Gasteiger partial charge in [0.1, 0.15) is 11.9 Å². The number of nitrogens with zero attached hydrogens (tertiary/aromatic N) is 1. The van der Waals surface area contributed by atoms with E-state index in [1.54, 1.807) is 36.4 Å². The zero-order chi connectivity index (χ0) is 12.3. The van der Waals surface area contributed by atoms with Crippen LogP contribution in [0, 0.1) is 17.1 Å². The van der Waals surface area contributed by atoms with Crippen LogP contribution < -0.4 is 11.1 Å². The average molecular weight is 227 g/mol. The maximum Gasteiger partial charge on any atom is 0.148 e. The lowest BCUT2D eigenvalue weighted by molar-refractivity contribution is 0.632. The fraction of sp³-hybridized carbons (Fsp3) is 0. The number of rotatable bonds is 2. The molecule has 4 heteroatoms. The zero-order valence-electron chi connectivity index (χ0n) is 8.94. The maximum atomic E-state index is 13.5. The third kappa shape index (κ3) is 2.34. The third-order valence-corrected chi connectivity index (χ3v) is 2.31. The van der Waals surface area contributed by atoms with Crippen LogP contribution in [0.15, 0.2) is 42.5 Å². The maximum absolute atomic E-state index is 13.5. The predicted molar refractivity (Wildman–Crippen MR) is 65.3 cm³/mol. The SMILES string of the molecule is N#Cc1ccccc1Nc1ccc(N)cc1F. The Kier molecular flexibility index (Phi) is 2.93. The Morgan fingerprint density at radius 3 is 2.59 bits per heavy atom. The van der Waals surface area contributed by atoms with Crippen molar-refractivity contribution in [3.63, 3.8) is 0 Å². The number of benzene rings is 2. The van der Waals surface area contributed by atoms with Crippen LogP contribution in [0.5, 0.6) is 0 Å². The van der Waals surface area contributed by atoms with Gasteiger partial charge in [-0.25, -0.2) is 4.39 Å². The van der Waals surface area contributed by atoms with Crippen LogP contribution in [0.25, 0.3) is 0 Å². The summed E-state index contributed by atoms with van der Waals surface area (Å²) in [7, 11) is 0. The summed E-state index contributed by atoms with van der Waals surface area (Å²) in [6.07, 6.45) is 0. The van der Waals surface area contributed by atoms with Gasteiger partial charge < -0.3 is 11.1 Å². The minimum Gasteiger partial charge on any atom is -0.399 e. The monoisotopic (exact) mass is 227 g/mol. The lowest BCUT2D eigenvalue weighted by Gasteiger charge is -2.09. The normalized spacial score (nSPS) is 9.65. The van der Waals surface area contributed by atoms with Crippen molar-refractivity contribution < 1.29 is 4.39 Å². The van der Waals surface area contributed by atoms with Crippen molar-refractivity contribution in [1.29, 1.82) is 5.26 Å². The van der Waals surface area contributed by atoms with E-state index in [0.717, 1.165) is 0 Å². The molecular formula is C13H10FN3. The van der Waals surface area contributed by atoms with E-state index in [4.69, 9.17) is 11.0 Å². The summed E-state index contributed by atoms with van der Waals surface area (Å²) in [4.78, 5) is 0. The first-order valence-corrected chi connectivity index (χ1v) is 5.02. The second-order valence-corrected chi connectivity index (χ2v) is 3.52. The molecule has 0 radical (unpaired) electrons. The van der Waals surface area contributed by atoms with Crippen LogP contribution >= 0.6 is 0 Å². The highest BCUT2D eigenvalue weighted by Gasteiger charge is 2.05. The van der Waals surface area contributed by atoms with Crippen molar-refractivity contribution in [2.75, 3.05) is 11.1 Å². The Morgan fingerprint density at radius 2 is 1.88 bits per heavy atom. The van der Waals surface area contributed by atoms with Gasteiger partial charge in [-0.3, -0.25) is 0 Å². The summed E-state index contributed by atoms with van der Waals surface area (Å²) >= 11 is 0. The summed E-state index contributed by atoms with van der Waals surface area (Å²) in [5, 5.41) is 11.8. The van der Waals surface area contributed by atoms with E-state index in [9.17, 15) is 4.39 Å². The lowest BCUT2D eigenvalue weighted by atomic mass is 10.2. The molecule has 0 saturated heterocycles. The number of anilines is 3. The first-order valence-electron chi connectivity index (χ1n) is 5.02. The molecule has 0 aliphatic heterocycles. The van der Waals surface area contributed by atoms with Crippen molar-refractivity contribution in [1.82, 2.24) is 0 Å². The van der Waals surface area contributed by atoms with Crippen LogP contribution in [0.3, 0.4) is 0 Å². The summed E-state index contributed by atoms with van der Waals surface area (Å²) in [6.45, 7) is 0. The largest absolute Gasteiger partial charge is 0.399 e. The molecule has 3 nitrogen and oxygen atoms in total. The second kappa shape index (κ2) is 4.54. The highest BCUT2D eigenvalue weighted by molar-refractivity contribution is 5.67. The lowest BCUT2D eigenvalue weighted by Crippen LogP contribution is -1.97. The Balaban J connectivity index is 2.35. The number of nitrogens with two attached hydrogens (primary N) is 1. The van der Waals surface area contributed by atoms with Crippen molar-refractivity contribution in [3.8, 4) is 6.07 Å². The minimum atomic E-state index is -0.447. The van der Waals surface area contributed by atoms with Crippen molar-refractivity contribution in [3.05, 3.63) is 53.8 Å². The number of nitrogens with one attached hydrogen (secondary N) is 1. The molecule has 17 heavy (non-hydrogen) atoms. The van der Waals surface area contributed by atoms with Crippen LogP contribution in [-0.4, -0.2) is 0 Å². The Morgan fingerprint density at radius 1 is 1.12 bits per heavy atom. The highest BCUT2D eigenvalue weighted by Crippen LogP contribution is 2.23. The summed E-state index contributed by atoms with van der Waals surface area (Å²) in [5.41, 5.74) is 7.14. The van der Waals surface area contributed by atoms with E-state index < -0.39 is 5.82 Å². The van der Waals surface area contributed by atoms with Crippen LogP contribution in [0.4, 0.5) is 21.5 Å². The van der Waals surface area contributed by atoms with Gasteiger partial charge >= 0.3 is 0 Å². The molecule has 0 amide bonds. The van der Waals surface area contributed by atoms with Crippen molar-refractivity contribution in [2.24, 2.45) is 0 Å². The molecule has 2 aromatic carbocycles. The van der Waals surface area contributed by atoms with Crippen molar-refractivity contribution in [2.45, 2.75) is 0 Å². The molecule has 0 aromatic heterocycles. The van der Waals surface area contributed by atoms with Gasteiger partial charge in [-0.15, -0.1) is 0 Å². The molecule has 2 rings (SSSR count). The predicted octanol–water partition coefficient (Wildman–Crippen LogP) is 3.02. The van der Waals surface area contributed by atoms with Gasteiger partial charge in [0.15, 0.2) is 0 Å². The third-order valence-electron chi connectivity index (χ3n) is 2.31. The molecule has 2 aromatic rings. The smallest absolute Gasteiger partial charge is 0.148 e.